The van der Waals surface area contributed by atoms with Gasteiger partial charge in [0.15, 0.2) is 0 Å². The van der Waals surface area contributed by atoms with E-state index in [0.29, 0.717) is 18.7 Å². The number of hydrogen-bond acceptors (Lipinski definition) is 5. The van der Waals surface area contributed by atoms with Crippen LogP contribution >= 0.6 is 0 Å². The van der Waals surface area contributed by atoms with E-state index < -0.39 is 28.5 Å². The summed E-state index contributed by atoms with van der Waals surface area (Å²) in [6.45, 7) is 5.67. The van der Waals surface area contributed by atoms with Crippen LogP contribution in [0.5, 0.6) is 5.75 Å². The van der Waals surface area contributed by atoms with Crippen LogP contribution in [0.2, 0.25) is 0 Å². The number of aryl methyl sites for hydroxylation is 1. The van der Waals surface area contributed by atoms with E-state index in [0.717, 1.165) is 15.4 Å². The van der Waals surface area contributed by atoms with Crippen LogP contribution in [0.3, 0.4) is 0 Å². The van der Waals surface area contributed by atoms with Gasteiger partial charge in [-0.05, 0) is 55.7 Å². The molecular formula is C29H35N3O5S. The Kier molecular flexibility index (Phi) is 9.90. The second-order valence-corrected chi connectivity index (χ2v) is 10.7. The summed E-state index contributed by atoms with van der Waals surface area (Å²) in [4.78, 5) is 28.5. The van der Waals surface area contributed by atoms with Crippen LogP contribution in [0.15, 0.2) is 83.8 Å². The van der Waals surface area contributed by atoms with Crippen molar-refractivity contribution in [2.75, 3.05) is 24.5 Å². The smallest absolute Gasteiger partial charge is 0.264 e. The van der Waals surface area contributed by atoms with E-state index in [1.807, 2.05) is 45.0 Å². The molecule has 0 saturated heterocycles. The van der Waals surface area contributed by atoms with E-state index in [4.69, 9.17) is 4.74 Å². The predicted molar refractivity (Wildman–Crippen MR) is 148 cm³/mol. The minimum atomic E-state index is -4.12. The minimum Gasteiger partial charge on any atom is -0.497 e. The number of ether oxygens (including phenoxy) is 1. The molecule has 3 aromatic rings. The van der Waals surface area contributed by atoms with Gasteiger partial charge in [-0.1, -0.05) is 55.5 Å². The van der Waals surface area contributed by atoms with Crippen molar-refractivity contribution < 1.29 is 22.7 Å². The number of nitrogens with zero attached hydrogens (tertiary/aromatic N) is 2. The molecule has 3 aromatic carbocycles. The van der Waals surface area contributed by atoms with Gasteiger partial charge in [-0.15, -0.1) is 0 Å². The van der Waals surface area contributed by atoms with E-state index in [1.54, 1.807) is 42.5 Å². The topological polar surface area (TPSA) is 96.0 Å². The van der Waals surface area contributed by atoms with E-state index in [1.165, 1.54) is 24.1 Å². The summed E-state index contributed by atoms with van der Waals surface area (Å²) in [7, 11) is -2.63. The Labute approximate surface area is 225 Å². The number of amides is 2. The van der Waals surface area contributed by atoms with Crippen molar-refractivity contribution in [2.45, 2.75) is 44.7 Å². The number of hydrogen-bond donors (Lipinski definition) is 1. The highest BCUT2D eigenvalue weighted by Crippen LogP contribution is 2.28. The fourth-order valence-electron chi connectivity index (χ4n) is 4.20. The molecule has 1 atom stereocenters. The third-order valence-electron chi connectivity index (χ3n) is 6.29. The molecule has 8 nitrogen and oxygen atoms in total. The predicted octanol–water partition coefficient (Wildman–Crippen LogP) is 4.14. The monoisotopic (exact) mass is 537 g/mol. The molecule has 2 amide bonds. The maximum absolute atomic E-state index is 14.0. The van der Waals surface area contributed by atoms with Gasteiger partial charge in [-0.25, -0.2) is 8.42 Å². The van der Waals surface area contributed by atoms with Crippen molar-refractivity contribution in [3.05, 3.63) is 90.0 Å². The summed E-state index contributed by atoms with van der Waals surface area (Å²) >= 11 is 0. The molecule has 3 rings (SSSR count). The molecule has 0 aliphatic rings. The summed E-state index contributed by atoms with van der Waals surface area (Å²) in [6.07, 6.45) is 0.369. The van der Waals surface area contributed by atoms with Gasteiger partial charge in [-0.2, -0.15) is 0 Å². The van der Waals surface area contributed by atoms with Crippen molar-refractivity contribution >= 4 is 27.5 Å². The molecule has 0 aliphatic carbocycles. The first-order valence-corrected chi connectivity index (χ1v) is 14.0. The lowest BCUT2D eigenvalue weighted by Crippen LogP contribution is -2.52. The number of sulfonamides is 1. The number of nitrogens with one attached hydrogen (secondary N) is 1. The zero-order chi connectivity index (χ0) is 27.7. The number of carbonyl (C=O) groups excluding carboxylic acids is 2. The van der Waals surface area contributed by atoms with Gasteiger partial charge in [0.25, 0.3) is 10.0 Å². The Hall–Kier alpha value is -3.85. The Morgan fingerprint density at radius 3 is 2.26 bits per heavy atom. The summed E-state index contributed by atoms with van der Waals surface area (Å²) in [6, 6.07) is 21.4. The third-order valence-corrected chi connectivity index (χ3v) is 8.08. The summed E-state index contributed by atoms with van der Waals surface area (Å²) in [5.41, 5.74) is 2.13. The maximum Gasteiger partial charge on any atom is 0.264 e. The normalized spacial score (nSPS) is 11.9. The molecular weight excluding hydrogens is 502 g/mol. The zero-order valence-electron chi connectivity index (χ0n) is 22.3. The number of likely N-dealkylation sites (N-methyl/N-ethyl adjacent to an activating group) is 1. The summed E-state index contributed by atoms with van der Waals surface area (Å²) < 4.78 is 34.0. The van der Waals surface area contributed by atoms with Gasteiger partial charge >= 0.3 is 0 Å². The summed E-state index contributed by atoms with van der Waals surface area (Å²) in [5, 5.41) is 2.81. The van der Waals surface area contributed by atoms with E-state index in [9.17, 15) is 18.0 Å². The van der Waals surface area contributed by atoms with E-state index in [-0.39, 0.29) is 23.0 Å². The highest BCUT2D eigenvalue weighted by molar-refractivity contribution is 7.92. The fraction of sp³-hybridized carbons (Fsp3) is 0.310. The van der Waals surface area contributed by atoms with Crippen LogP contribution in [-0.4, -0.2) is 51.4 Å². The minimum absolute atomic E-state index is 0.0526. The van der Waals surface area contributed by atoms with Crippen LogP contribution in [-0.2, 0) is 26.2 Å². The lowest BCUT2D eigenvalue weighted by Gasteiger charge is -2.33. The first-order chi connectivity index (χ1) is 18.2. The highest BCUT2D eigenvalue weighted by Gasteiger charge is 2.33. The number of anilines is 1. The van der Waals surface area contributed by atoms with Gasteiger partial charge in [0.1, 0.15) is 18.3 Å². The maximum atomic E-state index is 14.0. The van der Waals surface area contributed by atoms with E-state index >= 15 is 0 Å². The van der Waals surface area contributed by atoms with Crippen molar-refractivity contribution in [2.24, 2.45) is 0 Å². The Bertz CT molecular complexity index is 1350. The Morgan fingerprint density at radius 2 is 1.63 bits per heavy atom. The van der Waals surface area contributed by atoms with Crippen molar-refractivity contribution in [1.82, 2.24) is 10.2 Å². The van der Waals surface area contributed by atoms with Crippen LogP contribution in [0.1, 0.15) is 31.4 Å². The van der Waals surface area contributed by atoms with Gasteiger partial charge in [0.2, 0.25) is 11.8 Å². The second kappa shape index (κ2) is 13.1. The number of rotatable bonds is 12. The van der Waals surface area contributed by atoms with Gasteiger partial charge in [0.05, 0.1) is 17.7 Å². The average molecular weight is 538 g/mol. The molecule has 0 unspecified atom stereocenters. The second-order valence-electron chi connectivity index (χ2n) is 8.79. The molecule has 0 aliphatic heterocycles. The van der Waals surface area contributed by atoms with Crippen LogP contribution in [0, 0.1) is 6.92 Å². The molecule has 202 valence electrons. The summed E-state index contributed by atoms with van der Waals surface area (Å²) in [5.74, 6) is -0.321. The third kappa shape index (κ3) is 6.72. The van der Waals surface area contributed by atoms with Crippen LogP contribution < -0.4 is 14.4 Å². The number of carbonyl (C=O) groups is 2. The molecule has 38 heavy (non-hydrogen) atoms. The molecule has 0 fully saturated rings. The van der Waals surface area contributed by atoms with Crippen molar-refractivity contribution in [3.63, 3.8) is 0 Å². The molecule has 0 radical (unpaired) electrons. The Balaban J connectivity index is 2.08. The van der Waals surface area contributed by atoms with Crippen LogP contribution in [0.4, 0.5) is 5.69 Å². The average Bonchev–Trinajstić information content (AvgIpc) is 2.93. The van der Waals surface area contributed by atoms with Gasteiger partial charge < -0.3 is 15.0 Å². The molecule has 0 bridgehead atoms. The number of benzene rings is 3. The Morgan fingerprint density at radius 1 is 0.947 bits per heavy atom. The molecule has 1 N–H and O–H groups in total. The number of methoxy groups -OCH3 is 1. The van der Waals surface area contributed by atoms with Crippen LogP contribution in [0.25, 0.3) is 0 Å². The lowest BCUT2D eigenvalue weighted by atomic mass is 10.1. The quantitative estimate of drug-likeness (QED) is 0.375. The van der Waals surface area contributed by atoms with E-state index in [2.05, 4.69) is 5.32 Å². The van der Waals surface area contributed by atoms with Crippen molar-refractivity contribution in [3.8, 4) is 5.75 Å². The SMILES string of the molecule is CCNC(=O)[C@@H](CC)N(Cc1ccccc1C)C(=O)CN(c1cccc(OC)c1)S(=O)(=O)c1ccccc1. The first-order valence-electron chi connectivity index (χ1n) is 12.6. The molecule has 0 heterocycles. The van der Waals surface area contributed by atoms with Gasteiger partial charge in [0, 0.05) is 19.2 Å². The molecule has 0 saturated carbocycles. The highest BCUT2D eigenvalue weighted by atomic mass is 32.2. The fourth-order valence-corrected chi connectivity index (χ4v) is 5.62. The lowest BCUT2D eigenvalue weighted by molar-refractivity contribution is -0.140. The zero-order valence-corrected chi connectivity index (χ0v) is 23.1. The standard InChI is InChI=1S/C29H35N3O5S/c1-5-27(29(34)30-6-2)31(20-23-14-11-10-13-22(23)3)28(33)21-32(24-15-12-16-25(19-24)37-4)38(35,36)26-17-8-7-9-18-26/h7-19,27H,5-6,20-21H2,1-4H3,(H,30,34)/t27-/m1/s1. The van der Waals surface area contributed by atoms with Crippen molar-refractivity contribution in [1.29, 1.82) is 0 Å². The molecule has 0 aromatic heterocycles. The largest absolute Gasteiger partial charge is 0.497 e. The first kappa shape index (κ1) is 28.7. The van der Waals surface area contributed by atoms with Gasteiger partial charge in [-0.3, -0.25) is 13.9 Å². The molecule has 9 heteroatoms. The molecule has 0 spiro atoms.